The third kappa shape index (κ3) is 2.33. The summed E-state index contributed by atoms with van der Waals surface area (Å²) in [4.78, 5) is 0. The first kappa shape index (κ1) is 8.78. The Labute approximate surface area is 70.8 Å². The topological polar surface area (TPSA) is 40.5 Å². The zero-order valence-corrected chi connectivity index (χ0v) is 6.83. The second-order valence-electron chi connectivity index (χ2n) is 2.59. The van der Waals surface area contributed by atoms with Crippen molar-refractivity contribution in [1.29, 1.82) is 0 Å². The summed E-state index contributed by atoms with van der Waals surface area (Å²) in [6, 6.07) is 0. The van der Waals surface area contributed by atoms with Crippen molar-refractivity contribution in [1.82, 2.24) is 0 Å². The highest BCUT2D eigenvalue weighted by Gasteiger charge is 2.11. The molecular weight excluding hydrogens is 164 g/mol. The Kier molecular flexibility index (Phi) is 3.12. The van der Waals surface area contributed by atoms with Crippen LogP contribution in [0.25, 0.3) is 0 Å². The molecule has 3 heteroatoms. The maximum absolute atomic E-state index is 8.78. The Morgan fingerprint density at radius 1 is 1.64 bits per heavy atom. The van der Waals surface area contributed by atoms with Gasteiger partial charge >= 0.3 is 0 Å². The van der Waals surface area contributed by atoms with E-state index in [0.29, 0.717) is 11.5 Å². The number of hydrogen-bond acceptors (Lipinski definition) is 2. The van der Waals surface area contributed by atoms with Crippen LogP contribution in [0.4, 0.5) is 0 Å². The molecule has 0 bridgehead atoms. The maximum Gasteiger partial charge on any atom is 0.178 e. The van der Waals surface area contributed by atoms with Crippen LogP contribution in [-0.4, -0.2) is 22.4 Å². The van der Waals surface area contributed by atoms with Gasteiger partial charge in [-0.15, -0.1) is 11.6 Å². The summed E-state index contributed by atoms with van der Waals surface area (Å²) in [5.41, 5.74) is 0.543. The van der Waals surface area contributed by atoms with Crippen molar-refractivity contribution in [3.8, 4) is 0 Å². The number of allylic oxidation sites excluding steroid dienone is 2. The van der Waals surface area contributed by atoms with E-state index in [1.165, 1.54) is 0 Å². The van der Waals surface area contributed by atoms with Crippen molar-refractivity contribution in [2.45, 2.75) is 12.7 Å². The molecule has 62 valence electrons. The Bertz CT molecular complexity index is 185. The van der Waals surface area contributed by atoms with Crippen molar-refractivity contribution < 1.29 is 10.2 Å². The summed E-state index contributed by atoms with van der Waals surface area (Å²) in [6.45, 7) is 0. The van der Waals surface area contributed by atoms with Crippen molar-refractivity contribution in [3.05, 3.63) is 23.8 Å². The molecule has 1 aliphatic carbocycles. The number of aliphatic hydroxyl groups is 2. The number of rotatable bonds is 2. The number of hydrogen-bond donors (Lipinski definition) is 2. The van der Waals surface area contributed by atoms with Gasteiger partial charge in [-0.05, 0) is 12.3 Å². The van der Waals surface area contributed by atoms with Crippen LogP contribution >= 0.6 is 11.6 Å². The molecule has 0 aliphatic heterocycles. The molecule has 0 aromatic heterocycles. The van der Waals surface area contributed by atoms with E-state index in [2.05, 4.69) is 0 Å². The summed E-state index contributed by atoms with van der Waals surface area (Å²) in [7, 11) is 0. The molecular formula is C8H11ClO2. The van der Waals surface area contributed by atoms with Crippen LogP contribution in [0.3, 0.4) is 0 Å². The van der Waals surface area contributed by atoms with Crippen LogP contribution in [0, 0.1) is 5.92 Å². The summed E-state index contributed by atoms with van der Waals surface area (Å²) < 4.78 is 0. The van der Waals surface area contributed by atoms with Gasteiger partial charge in [-0.1, -0.05) is 18.2 Å². The minimum absolute atomic E-state index is 0.249. The molecule has 1 atom stereocenters. The third-order valence-electron chi connectivity index (χ3n) is 1.67. The van der Waals surface area contributed by atoms with Gasteiger partial charge in [-0.3, -0.25) is 0 Å². The Morgan fingerprint density at radius 3 is 2.91 bits per heavy atom. The van der Waals surface area contributed by atoms with Crippen molar-refractivity contribution in [3.63, 3.8) is 0 Å². The SMILES string of the molecule is OC(O)C1=CC(CCl)CC=C1. The van der Waals surface area contributed by atoms with Gasteiger partial charge in [-0.2, -0.15) is 0 Å². The van der Waals surface area contributed by atoms with E-state index in [0.717, 1.165) is 6.42 Å². The van der Waals surface area contributed by atoms with Crippen LogP contribution in [0.1, 0.15) is 6.42 Å². The van der Waals surface area contributed by atoms with Gasteiger partial charge in [0.05, 0.1) is 0 Å². The van der Waals surface area contributed by atoms with Gasteiger partial charge in [0.2, 0.25) is 0 Å². The number of alkyl halides is 1. The standard InChI is InChI=1S/C8H11ClO2/c9-5-6-2-1-3-7(4-6)8(10)11/h1,3-4,6,8,10-11H,2,5H2. The van der Waals surface area contributed by atoms with Crippen molar-refractivity contribution in [2.75, 3.05) is 5.88 Å². The smallest absolute Gasteiger partial charge is 0.178 e. The molecule has 1 aliphatic rings. The first-order valence-electron chi connectivity index (χ1n) is 3.54. The quantitative estimate of drug-likeness (QED) is 0.485. The molecule has 0 radical (unpaired) electrons. The molecule has 11 heavy (non-hydrogen) atoms. The van der Waals surface area contributed by atoms with Gasteiger partial charge in [0, 0.05) is 11.5 Å². The molecule has 0 aromatic carbocycles. The lowest BCUT2D eigenvalue weighted by Gasteiger charge is -2.14. The molecule has 0 spiro atoms. The zero-order chi connectivity index (χ0) is 8.27. The lowest BCUT2D eigenvalue weighted by atomic mass is 9.98. The highest BCUT2D eigenvalue weighted by atomic mass is 35.5. The molecule has 1 unspecified atom stereocenters. The van der Waals surface area contributed by atoms with E-state index >= 15 is 0 Å². The van der Waals surface area contributed by atoms with Crippen LogP contribution in [0.5, 0.6) is 0 Å². The molecule has 0 saturated heterocycles. The second kappa shape index (κ2) is 3.90. The maximum atomic E-state index is 8.78. The van der Waals surface area contributed by atoms with E-state index in [9.17, 15) is 0 Å². The largest absolute Gasteiger partial charge is 0.364 e. The van der Waals surface area contributed by atoms with Crippen LogP contribution in [0.15, 0.2) is 23.8 Å². The fourth-order valence-electron chi connectivity index (χ4n) is 1.05. The first-order chi connectivity index (χ1) is 5.24. The van der Waals surface area contributed by atoms with E-state index in [1.807, 2.05) is 6.08 Å². The van der Waals surface area contributed by atoms with Gasteiger partial charge in [-0.25, -0.2) is 0 Å². The van der Waals surface area contributed by atoms with E-state index in [1.54, 1.807) is 12.2 Å². The molecule has 0 amide bonds. The summed E-state index contributed by atoms with van der Waals surface area (Å²) in [5, 5.41) is 17.6. The molecule has 2 N–H and O–H groups in total. The average Bonchev–Trinajstić information content (AvgIpc) is 2.05. The van der Waals surface area contributed by atoms with Gasteiger partial charge < -0.3 is 10.2 Å². The lowest BCUT2D eigenvalue weighted by Crippen LogP contribution is -2.12. The third-order valence-corrected chi connectivity index (χ3v) is 2.07. The number of halogens is 1. The Balaban J connectivity index is 2.64. The average molecular weight is 175 g/mol. The van der Waals surface area contributed by atoms with Gasteiger partial charge in [0.25, 0.3) is 0 Å². The fourth-order valence-corrected chi connectivity index (χ4v) is 1.27. The lowest BCUT2D eigenvalue weighted by molar-refractivity contribution is -0.00552. The fraction of sp³-hybridized carbons (Fsp3) is 0.500. The molecule has 0 heterocycles. The van der Waals surface area contributed by atoms with Crippen molar-refractivity contribution >= 4 is 11.6 Å². The summed E-state index contributed by atoms with van der Waals surface area (Å²) in [6.07, 6.45) is 4.95. The second-order valence-corrected chi connectivity index (χ2v) is 2.90. The van der Waals surface area contributed by atoms with E-state index in [4.69, 9.17) is 21.8 Å². The van der Waals surface area contributed by atoms with E-state index in [-0.39, 0.29) is 5.92 Å². The molecule has 2 nitrogen and oxygen atoms in total. The molecule has 0 saturated carbocycles. The minimum Gasteiger partial charge on any atom is -0.364 e. The Hall–Kier alpha value is -0.310. The highest BCUT2D eigenvalue weighted by molar-refractivity contribution is 6.18. The molecule has 1 rings (SSSR count). The van der Waals surface area contributed by atoms with Crippen LogP contribution in [0.2, 0.25) is 0 Å². The van der Waals surface area contributed by atoms with Gasteiger partial charge in [0.1, 0.15) is 0 Å². The first-order valence-corrected chi connectivity index (χ1v) is 4.08. The summed E-state index contributed by atoms with van der Waals surface area (Å²) >= 11 is 5.61. The predicted molar refractivity (Wildman–Crippen MR) is 44.3 cm³/mol. The van der Waals surface area contributed by atoms with Crippen LogP contribution < -0.4 is 0 Å². The van der Waals surface area contributed by atoms with Crippen molar-refractivity contribution in [2.24, 2.45) is 5.92 Å². The normalized spacial score (nSPS) is 24.0. The number of aliphatic hydroxyl groups excluding tert-OH is 1. The highest BCUT2D eigenvalue weighted by Crippen LogP contribution is 2.19. The van der Waals surface area contributed by atoms with Gasteiger partial charge in [0.15, 0.2) is 6.29 Å². The monoisotopic (exact) mass is 174 g/mol. The molecule has 0 fully saturated rings. The summed E-state index contributed by atoms with van der Waals surface area (Å²) in [5.74, 6) is 0.777. The zero-order valence-electron chi connectivity index (χ0n) is 6.07. The Morgan fingerprint density at radius 2 is 2.36 bits per heavy atom. The molecule has 0 aromatic rings. The minimum atomic E-state index is -1.36. The van der Waals surface area contributed by atoms with Crippen LogP contribution in [-0.2, 0) is 0 Å². The predicted octanol–water partition coefficient (Wildman–Crippen LogP) is 1.04. The van der Waals surface area contributed by atoms with E-state index < -0.39 is 6.29 Å².